The Hall–Kier alpha value is -2.91. The first kappa shape index (κ1) is 24.2. The summed E-state index contributed by atoms with van der Waals surface area (Å²) in [5, 5.41) is 0.673. The van der Waals surface area contributed by atoms with Crippen molar-refractivity contribution in [2.45, 2.75) is 39.0 Å². The fraction of sp³-hybridized carbons (Fsp3) is 0.440. The summed E-state index contributed by atoms with van der Waals surface area (Å²) in [6, 6.07) is 7.34. The van der Waals surface area contributed by atoms with E-state index in [1.54, 1.807) is 23.2 Å². The zero-order chi connectivity index (χ0) is 24.7. The summed E-state index contributed by atoms with van der Waals surface area (Å²) in [7, 11) is -3.28. The average Bonchev–Trinajstić information content (AvgIpc) is 3.20. The molecule has 1 aromatic carbocycles. The summed E-state index contributed by atoms with van der Waals surface area (Å²) in [5.74, 6) is -0.101. The van der Waals surface area contributed by atoms with Crippen molar-refractivity contribution in [2.75, 3.05) is 25.9 Å². The molecule has 0 bridgehead atoms. The van der Waals surface area contributed by atoms with Gasteiger partial charge in [0.05, 0.1) is 11.8 Å². The predicted octanol–water partition coefficient (Wildman–Crippen LogP) is 3.49. The Bertz CT molecular complexity index is 1380. The molecule has 3 aromatic rings. The van der Waals surface area contributed by atoms with Gasteiger partial charge in [-0.15, -0.1) is 0 Å². The third-order valence-corrected chi connectivity index (χ3v) is 6.97. The van der Waals surface area contributed by atoms with Crippen molar-refractivity contribution in [3.63, 3.8) is 0 Å². The van der Waals surface area contributed by atoms with Crippen LogP contribution < -0.4 is 10.3 Å². The monoisotopic (exact) mass is 485 g/mol. The van der Waals surface area contributed by atoms with E-state index in [1.807, 2.05) is 12.1 Å². The second-order valence-corrected chi connectivity index (χ2v) is 11.9. The molecule has 0 saturated carbocycles. The van der Waals surface area contributed by atoms with Gasteiger partial charge in [0.2, 0.25) is 10.0 Å². The normalized spacial score (nSPS) is 17.3. The molecule has 8 nitrogen and oxygen atoms in total. The molecule has 1 atom stereocenters. The first-order valence-electron chi connectivity index (χ1n) is 11.4. The number of rotatable bonds is 5. The van der Waals surface area contributed by atoms with Crippen molar-refractivity contribution in [3.05, 3.63) is 58.2 Å². The lowest BCUT2D eigenvalue weighted by Crippen LogP contribution is -2.43. The highest BCUT2D eigenvalue weighted by molar-refractivity contribution is 7.88. The van der Waals surface area contributed by atoms with Gasteiger partial charge in [-0.1, -0.05) is 20.8 Å². The lowest BCUT2D eigenvalue weighted by Gasteiger charge is -2.32. The maximum Gasteiger partial charge on any atom is 0.257 e. The van der Waals surface area contributed by atoms with Crippen LogP contribution in [-0.2, 0) is 15.4 Å². The standard InChI is InChI=1S/C25H31N3O5S/c1-25(2,3)21-12-17(18-8-5-9-26-23(18)29)11-19-20(15-33-22(19)21)24(30)28-10-6-7-16(14-28)13-27-34(4,31)32/h5,8-9,11-12,15-16,27H,6-7,10,13-14H2,1-4H3,(H,26,29)/t16-/m1/s1. The molecule has 4 rings (SSSR count). The lowest BCUT2D eigenvalue weighted by atomic mass is 9.84. The Balaban J connectivity index is 1.73. The Morgan fingerprint density at radius 1 is 1.29 bits per heavy atom. The summed E-state index contributed by atoms with van der Waals surface area (Å²) in [4.78, 5) is 30.5. The van der Waals surface area contributed by atoms with Crippen molar-refractivity contribution in [1.82, 2.24) is 14.6 Å². The number of fused-ring (bicyclic) bond motifs is 1. The molecule has 182 valence electrons. The smallest absolute Gasteiger partial charge is 0.257 e. The third-order valence-electron chi connectivity index (χ3n) is 6.28. The van der Waals surface area contributed by atoms with Crippen molar-refractivity contribution >= 4 is 26.9 Å². The van der Waals surface area contributed by atoms with Crippen LogP contribution in [0.3, 0.4) is 0 Å². The maximum absolute atomic E-state index is 13.6. The largest absolute Gasteiger partial charge is 0.463 e. The molecule has 34 heavy (non-hydrogen) atoms. The minimum Gasteiger partial charge on any atom is -0.463 e. The number of carbonyl (C=O) groups excluding carboxylic acids is 1. The molecule has 1 fully saturated rings. The zero-order valence-electron chi connectivity index (χ0n) is 20.0. The SMILES string of the molecule is CC(C)(C)c1cc(-c2ccc[nH]c2=O)cc2c(C(=O)N3CCC[C@H](CNS(C)(=O)=O)C3)coc12. The van der Waals surface area contributed by atoms with E-state index in [-0.39, 0.29) is 22.8 Å². The van der Waals surface area contributed by atoms with Gasteiger partial charge in [-0.3, -0.25) is 9.59 Å². The van der Waals surface area contributed by atoms with Gasteiger partial charge in [-0.05, 0) is 54.0 Å². The molecule has 1 aliphatic rings. The summed E-state index contributed by atoms with van der Waals surface area (Å²) >= 11 is 0. The Morgan fingerprint density at radius 2 is 2.06 bits per heavy atom. The van der Waals surface area contributed by atoms with Gasteiger partial charge in [-0.25, -0.2) is 13.1 Å². The Kier molecular flexibility index (Phi) is 6.44. The number of aromatic amines is 1. The van der Waals surface area contributed by atoms with Crippen LogP contribution in [0.15, 0.2) is 45.9 Å². The van der Waals surface area contributed by atoms with Gasteiger partial charge >= 0.3 is 0 Å². The molecule has 0 radical (unpaired) electrons. The molecule has 3 heterocycles. The van der Waals surface area contributed by atoms with Crippen LogP contribution in [0.25, 0.3) is 22.1 Å². The molecule has 0 aliphatic carbocycles. The van der Waals surface area contributed by atoms with Gasteiger partial charge < -0.3 is 14.3 Å². The van der Waals surface area contributed by atoms with E-state index in [0.717, 1.165) is 30.2 Å². The summed E-state index contributed by atoms with van der Waals surface area (Å²) in [6.07, 6.45) is 5.88. The van der Waals surface area contributed by atoms with Crippen molar-refractivity contribution in [3.8, 4) is 11.1 Å². The molecule has 2 aromatic heterocycles. The number of benzene rings is 1. The van der Waals surface area contributed by atoms with Gasteiger partial charge in [0.15, 0.2) is 0 Å². The Labute approximate surface area is 199 Å². The minimum absolute atomic E-state index is 0.0502. The number of hydrogen-bond acceptors (Lipinski definition) is 5. The van der Waals surface area contributed by atoms with E-state index < -0.39 is 10.0 Å². The van der Waals surface area contributed by atoms with Gasteiger partial charge in [0.1, 0.15) is 11.8 Å². The topological polar surface area (TPSA) is 112 Å². The molecule has 1 amide bonds. The number of nitrogens with zero attached hydrogens (tertiary/aromatic N) is 1. The second-order valence-electron chi connectivity index (χ2n) is 10.1. The summed E-state index contributed by atoms with van der Waals surface area (Å²) < 4.78 is 31.4. The number of piperidine rings is 1. The fourth-order valence-electron chi connectivity index (χ4n) is 4.52. The number of H-pyrrole nitrogens is 1. The first-order valence-corrected chi connectivity index (χ1v) is 13.3. The van der Waals surface area contributed by atoms with Crippen molar-refractivity contribution in [2.24, 2.45) is 5.92 Å². The third kappa shape index (κ3) is 5.10. The number of carbonyl (C=O) groups is 1. The number of nitrogens with one attached hydrogen (secondary N) is 2. The molecule has 1 saturated heterocycles. The number of hydrogen-bond donors (Lipinski definition) is 2. The van der Waals surface area contributed by atoms with E-state index in [0.29, 0.717) is 41.7 Å². The molecule has 2 N–H and O–H groups in total. The molecular formula is C25H31N3O5S. The maximum atomic E-state index is 13.6. The summed E-state index contributed by atoms with van der Waals surface area (Å²) in [6.45, 7) is 7.57. The zero-order valence-corrected chi connectivity index (χ0v) is 20.8. The van der Waals surface area contributed by atoms with Crippen LogP contribution in [-0.4, -0.2) is 50.1 Å². The molecule has 0 unspecified atom stereocenters. The van der Waals surface area contributed by atoms with Crippen LogP contribution in [0.1, 0.15) is 49.5 Å². The van der Waals surface area contributed by atoms with E-state index in [9.17, 15) is 18.0 Å². The first-order chi connectivity index (χ1) is 15.9. The van der Waals surface area contributed by atoms with Crippen LogP contribution in [0, 0.1) is 5.92 Å². The number of sulfonamides is 1. The number of amides is 1. The van der Waals surface area contributed by atoms with E-state index in [1.165, 1.54) is 6.26 Å². The van der Waals surface area contributed by atoms with E-state index in [4.69, 9.17) is 4.42 Å². The van der Waals surface area contributed by atoms with Crippen LogP contribution in [0.5, 0.6) is 0 Å². The fourth-order valence-corrected chi connectivity index (χ4v) is 5.06. The quantitative estimate of drug-likeness (QED) is 0.575. The van der Waals surface area contributed by atoms with Crippen molar-refractivity contribution in [1.29, 1.82) is 0 Å². The summed E-state index contributed by atoms with van der Waals surface area (Å²) in [5.41, 5.74) is 2.78. The highest BCUT2D eigenvalue weighted by atomic mass is 32.2. The number of aromatic nitrogens is 1. The number of pyridine rings is 1. The predicted molar refractivity (Wildman–Crippen MR) is 132 cm³/mol. The number of likely N-dealkylation sites (tertiary alicyclic amines) is 1. The van der Waals surface area contributed by atoms with Gasteiger partial charge in [0, 0.05) is 42.3 Å². The van der Waals surface area contributed by atoms with E-state index in [2.05, 4.69) is 30.5 Å². The molecule has 0 spiro atoms. The second kappa shape index (κ2) is 9.03. The van der Waals surface area contributed by atoms with Gasteiger partial charge in [0.25, 0.3) is 11.5 Å². The van der Waals surface area contributed by atoms with E-state index >= 15 is 0 Å². The Morgan fingerprint density at radius 3 is 2.74 bits per heavy atom. The van der Waals surface area contributed by atoms with Crippen molar-refractivity contribution < 1.29 is 17.6 Å². The minimum atomic E-state index is -3.28. The molecule has 1 aliphatic heterocycles. The highest BCUT2D eigenvalue weighted by Crippen LogP contribution is 2.37. The average molecular weight is 486 g/mol. The number of furan rings is 1. The van der Waals surface area contributed by atoms with Crippen LogP contribution in [0.2, 0.25) is 0 Å². The van der Waals surface area contributed by atoms with Crippen LogP contribution >= 0.6 is 0 Å². The van der Waals surface area contributed by atoms with Gasteiger partial charge in [-0.2, -0.15) is 0 Å². The molecule has 9 heteroatoms. The highest BCUT2D eigenvalue weighted by Gasteiger charge is 2.29. The van der Waals surface area contributed by atoms with Crippen LogP contribution in [0.4, 0.5) is 0 Å². The lowest BCUT2D eigenvalue weighted by molar-refractivity contribution is 0.0677. The molecular weight excluding hydrogens is 454 g/mol.